The minimum Gasteiger partial charge on any atom is -0.465 e. The lowest BCUT2D eigenvalue weighted by molar-refractivity contribution is -0.127. The van der Waals surface area contributed by atoms with Crippen molar-refractivity contribution >= 4 is 34.7 Å². The summed E-state index contributed by atoms with van der Waals surface area (Å²) < 4.78 is 5.26. The lowest BCUT2D eigenvalue weighted by Crippen LogP contribution is -2.38. The highest BCUT2D eigenvalue weighted by atomic mass is 32.1. The molecule has 1 aliphatic heterocycles. The summed E-state index contributed by atoms with van der Waals surface area (Å²) in [5.41, 5.74) is 1.27. The first-order valence-electron chi connectivity index (χ1n) is 7.45. The average Bonchev–Trinajstić information content (AvgIpc) is 3.33. The van der Waals surface area contributed by atoms with Gasteiger partial charge >= 0.3 is 0 Å². The Kier molecular flexibility index (Phi) is 3.89. The summed E-state index contributed by atoms with van der Waals surface area (Å²) in [7, 11) is 0. The van der Waals surface area contributed by atoms with Crippen LogP contribution in [0.4, 0.5) is 0 Å². The number of thiophene rings is 2. The van der Waals surface area contributed by atoms with Crippen LogP contribution in [0.1, 0.15) is 27.1 Å². The van der Waals surface area contributed by atoms with E-state index in [2.05, 4.69) is 22.9 Å². The maximum absolute atomic E-state index is 12.7. The van der Waals surface area contributed by atoms with Crippen LogP contribution in [0.25, 0.3) is 6.08 Å². The second kappa shape index (κ2) is 6.18. The third-order valence-corrected chi connectivity index (χ3v) is 5.92. The largest absolute Gasteiger partial charge is 0.465 e. The smallest absolute Gasteiger partial charge is 0.247 e. The molecular formula is C18H15NO2S2. The summed E-state index contributed by atoms with van der Waals surface area (Å²) in [6, 6.07) is 9.99. The molecule has 23 heavy (non-hydrogen) atoms. The Morgan fingerprint density at radius 1 is 1.22 bits per heavy atom. The van der Waals surface area contributed by atoms with Gasteiger partial charge in [0, 0.05) is 22.4 Å². The van der Waals surface area contributed by atoms with Crippen molar-refractivity contribution in [3.8, 4) is 0 Å². The van der Waals surface area contributed by atoms with E-state index in [-0.39, 0.29) is 11.9 Å². The summed E-state index contributed by atoms with van der Waals surface area (Å²) in [4.78, 5) is 17.3. The highest BCUT2D eigenvalue weighted by Crippen LogP contribution is 2.39. The third kappa shape index (κ3) is 2.78. The predicted octanol–water partition coefficient (Wildman–Crippen LogP) is 4.59. The number of nitrogens with zero attached hydrogens (tertiary/aromatic N) is 1. The molecule has 0 aromatic carbocycles. The normalized spacial score (nSPS) is 17.6. The molecule has 0 spiro atoms. The number of fused-ring (bicyclic) bond motifs is 1. The molecular weight excluding hydrogens is 326 g/mol. The Balaban J connectivity index is 1.65. The molecule has 0 aliphatic carbocycles. The van der Waals surface area contributed by atoms with Crippen molar-refractivity contribution in [1.29, 1.82) is 0 Å². The van der Waals surface area contributed by atoms with E-state index >= 15 is 0 Å². The van der Waals surface area contributed by atoms with Gasteiger partial charge in [-0.05, 0) is 53.1 Å². The zero-order chi connectivity index (χ0) is 15.6. The van der Waals surface area contributed by atoms with E-state index in [9.17, 15) is 4.79 Å². The topological polar surface area (TPSA) is 33.5 Å². The Bertz CT molecular complexity index is 815. The molecule has 3 aromatic rings. The van der Waals surface area contributed by atoms with Crippen LogP contribution in [0.5, 0.6) is 0 Å². The molecule has 4 heterocycles. The molecule has 0 unspecified atom stereocenters. The standard InChI is InChI=1S/C18H15NO2S2/c20-17(6-5-13-3-1-10-21-13)19-9-7-15-14(8-12-23-15)18(19)16-4-2-11-22-16/h1-6,8,10-12,18H,7,9H2/b6-5+/t18-/m1/s1. The Morgan fingerprint density at radius 3 is 2.96 bits per heavy atom. The van der Waals surface area contributed by atoms with E-state index in [0.29, 0.717) is 5.76 Å². The van der Waals surface area contributed by atoms with Crippen molar-refractivity contribution in [2.24, 2.45) is 0 Å². The fourth-order valence-corrected chi connectivity index (χ4v) is 4.70. The lowest BCUT2D eigenvalue weighted by atomic mass is 9.98. The summed E-state index contributed by atoms with van der Waals surface area (Å²) >= 11 is 3.49. The number of carbonyl (C=O) groups excluding carboxylic acids is 1. The minimum absolute atomic E-state index is 0.0247. The lowest BCUT2D eigenvalue weighted by Gasteiger charge is -2.34. The van der Waals surface area contributed by atoms with Crippen LogP contribution < -0.4 is 0 Å². The molecule has 1 amide bonds. The van der Waals surface area contributed by atoms with Crippen molar-refractivity contribution in [3.63, 3.8) is 0 Å². The van der Waals surface area contributed by atoms with Crippen LogP contribution >= 0.6 is 22.7 Å². The van der Waals surface area contributed by atoms with Gasteiger partial charge in [0.15, 0.2) is 0 Å². The van der Waals surface area contributed by atoms with Crippen LogP contribution in [0.2, 0.25) is 0 Å². The minimum atomic E-state index is 0.0247. The van der Waals surface area contributed by atoms with E-state index in [1.54, 1.807) is 41.1 Å². The second-order valence-electron chi connectivity index (χ2n) is 5.35. The van der Waals surface area contributed by atoms with Gasteiger partial charge in [0.2, 0.25) is 5.91 Å². The van der Waals surface area contributed by atoms with Crippen molar-refractivity contribution in [1.82, 2.24) is 4.90 Å². The number of furan rings is 1. The number of carbonyl (C=O) groups is 1. The molecule has 0 saturated heterocycles. The first kappa shape index (κ1) is 14.5. The molecule has 116 valence electrons. The van der Waals surface area contributed by atoms with Gasteiger partial charge < -0.3 is 9.32 Å². The molecule has 1 aliphatic rings. The van der Waals surface area contributed by atoms with Gasteiger partial charge in [-0.1, -0.05) is 6.07 Å². The fraction of sp³-hybridized carbons (Fsp3) is 0.167. The predicted molar refractivity (Wildman–Crippen MR) is 93.6 cm³/mol. The number of hydrogen-bond donors (Lipinski definition) is 0. The highest BCUT2D eigenvalue weighted by Gasteiger charge is 2.32. The van der Waals surface area contributed by atoms with Crippen molar-refractivity contribution in [2.45, 2.75) is 12.5 Å². The molecule has 3 nitrogen and oxygen atoms in total. The van der Waals surface area contributed by atoms with Crippen LogP contribution in [0, 0.1) is 0 Å². The summed E-state index contributed by atoms with van der Waals surface area (Å²) in [6.07, 6.45) is 5.88. The molecule has 4 rings (SSSR count). The maximum Gasteiger partial charge on any atom is 0.247 e. The van der Waals surface area contributed by atoms with Gasteiger partial charge in [0.25, 0.3) is 0 Å². The maximum atomic E-state index is 12.7. The monoisotopic (exact) mass is 341 g/mol. The van der Waals surface area contributed by atoms with Gasteiger partial charge in [-0.15, -0.1) is 22.7 Å². The number of rotatable bonds is 3. The van der Waals surface area contributed by atoms with Gasteiger partial charge in [-0.2, -0.15) is 0 Å². The molecule has 3 aromatic heterocycles. The Labute approximate surface area is 142 Å². The summed E-state index contributed by atoms with van der Waals surface area (Å²) in [5.74, 6) is 0.718. The molecule has 0 fully saturated rings. The van der Waals surface area contributed by atoms with E-state index < -0.39 is 0 Å². The number of hydrogen-bond acceptors (Lipinski definition) is 4. The van der Waals surface area contributed by atoms with Gasteiger partial charge in [-0.25, -0.2) is 0 Å². The Morgan fingerprint density at radius 2 is 2.17 bits per heavy atom. The zero-order valence-electron chi connectivity index (χ0n) is 12.3. The average molecular weight is 341 g/mol. The first-order chi connectivity index (χ1) is 11.3. The Hall–Kier alpha value is -2.11. The summed E-state index contributed by atoms with van der Waals surface area (Å²) in [5, 5.41) is 4.19. The molecule has 0 saturated carbocycles. The highest BCUT2D eigenvalue weighted by molar-refractivity contribution is 7.10. The van der Waals surface area contributed by atoms with Crippen molar-refractivity contribution < 1.29 is 9.21 Å². The first-order valence-corrected chi connectivity index (χ1v) is 9.21. The molecule has 0 N–H and O–H groups in total. The zero-order valence-corrected chi connectivity index (χ0v) is 14.0. The van der Waals surface area contributed by atoms with E-state index in [1.165, 1.54) is 15.3 Å². The van der Waals surface area contributed by atoms with E-state index in [1.807, 2.05) is 23.1 Å². The van der Waals surface area contributed by atoms with E-state index in [4.69, 9.17) is 4.42 Å². The van der Waals surface area contributed by atoms with Gasteiger partial charge in [0.1, 0.15) is 5.76 Å². The van der Waals surface area contributed by atoms with Crippen LogP contribution in [0.3, 0.4) is 0 Å². The van der Waals surface area contributed by atoms with Crippen molar-refractivity contribution in [3.05, 3.63) is 74.5 Å². The molecule has 1 atom stereocenters. The second-order valence-corrected chi connectivity index (χ2v) is 7.33. The molecule has 5 heteroatoms. The van der Waals surface area contributed by atoms with Crippen molar-refractivity contribution in [2.75, 3.05) is 6.54 Å². The number of amides is 1. The van der Waals surface area contributed by atoms with Crippen LogP contribution in [0.15, 0.2) is 57.8 Å². The van der Waals surface area contributed by atoms with Gasteiger partial charge in [-0.3, -0.25) is 4.79 Å². The van der Waals surface area contributed by atoms with Crippen LogP contribution in [-0.4, -0.2) is 17.4 Å². The third-order valence-electron chi connectivity index (χ3n) is 4.00. The quantitative estimate of drug-likeness (QED) is 0.653. The summed E-state index contributed by atoms with van der Waals surface area (Å²) in [6.45, 7) is 0.747. The molecule has 0 bridgehead atoms. The molecule has 0 radical (unpaired) electrons. The van der Waals surface area contributed by atoms with E-state index in [0.717, 1.165) is 13.0 Å². The van der Waals surface area contributed by atoms with Crippen LogP contribution in [-0.2, 0) is 11.2 Å². The fourth-order valence-electron chi connectivity index (χ4n) is 2.94. The SMILES string of the molecule is O=C(/C=C/c1ccco1)N1CCc2sccc2[C@@H]1c1cccs1. The van der Waals surface area contributed by atoms with Gasteiger partial charge in [0.05, 0.1) is 12.3 Å².